The molecule has 0 fully saturated rings. The number of sulfonamides is 1. The summed E-state index contributed by atoms with van der Waals surface area (Å²) in [6, 6.07) is 11.7. The normalized spacial score (nSPS) is 11.4. The molecule has 0 aliphatic rings. The first-order valence-electron chi connectivity index (χ1n) is 9.86. The van der Waals surface area contributed by atoms with Gasteiger partial charge in [0, 0.05) is 5.02 Å². The van der Waals surface area contributed by atoms with Crippen LogP contribution in [-0.2, 0) is 10.0 Å². The minimum absolute atomic E-state index is 0.0299. The Morgan fingerprint density at radius 1 is 0.794 bits per heavy atom. The van der Waals surface area contributed by atoms with Crippen molar-refractivity contribution >= 4 is 39.5 Å². The zero-order valence-electron chi connectivity index (χ0n) is 18.9. The van der Waals surface area contributed by atoms with Gasteiger partial charge >= 0.3 is 0 Å². The highest BCUT2D eigenvalue weighted by molar-refractivity contribution is 7.92. The average molecular weight is 508 g/mol. The van der Waals surface area contributed by atoms with E-state index in [1.807, 2.05) is 0 Å². The van der Waals surface area contributed by atoms with Crippen molar-refractivity contribution in [2.45, 2.75) is 4.90 Å². The van der Waals surface area contributed by atoms with E-state index < -0.39 is 15.8 Å². The summed E-state index contributed by atoms with van der Waals surface area (Å²) in [5.41, 5.74) is 1.02. The summed E-state index contributed by atoms with van der Waals surface area (Å²) in [4.78, 5) is -0.0299. The van der Waals surface area contributed by atoms with Gasteiger partial charge in [-0.3, -0.25) is 4.72 Å². The molecule has 0 unspecified atom stereocenters. The van der Waals surface area contributed by atoms with E-state index in [-0.39, 0.29) is 16.3 Å². The molecule has 0 heterocycles. The summed E-state index contributed by atoms with van der Waals surface area (Å²) in [7, 11) is 1.75. The van der Waals surface area contributed by atoms with Crippen molar-refractivity contribution in [2.24, 2.45) is 0 Å². The maximum absolute atomic E-state index is 14.7. The number of hydrogen-bond acceptors (Lipinski definition) is 6. The Bertz CT molecular complexity index is 1280. The summed E-state index contributed by atoms with van der Waals surface area (Å²) < 4.78 is 63.8. The van der Waals surface area contributed by atoms with E-state index in [9.17, 15) is 12.8 Å². The van der Waals surface area contributed by atoms with Crippen LogP contribution in [0.1, 0.15) is 11.1 Å². The first-order chi connectivity index (χ1) is 16.2. The molecule has 0 atom stereocenters. The number of rotatable bonds is 9. The number of methoxy groups -OCH3 is 4. The topological polar surface area (TPSA) is 83.1 Å². The van der Waals surface area contributed by atoms with Gasteiger partial charge in [-0.05, 0) is 59.7 Å². The number of nitrogens with one attached hydrogen (secondary N) is 1. The van der Waals surface area contributed by atoms with Gasteiger partial charge in [0.25, 0.3) is 10.0 Å². The lowest BCUT2D eigenvalue weighted by atomic mass is 10.1. The molecule has 3 aromatic rings. The third-order valence-electron chi connectivity index (χ3n) is 4.79. The van der Waals surface area contributed by atoms with Crippen LogP contribution >= 0.6 is 11.6 Å². The van der Waals surface area contributed by atoms with Crippen LogP contribution in [0.5, 0.6) is 23.0 Å². The summed E-state index contributed by atoms with van der Waals surface area (Å²) in [5, 5.41) is 0.390. The van der Waals surface area contributed by atoms with Gasteiger partial charge < -0.3 is 18.9 Å². The Kier molecular flexibility index (Phi) is 7.90. The van der Waals surface area contributed by atoms with Crippen molar-refractivity contribution in [1.82, 2.24) is 0 Å². The maximum Gasteiger partial charge on any atom is 0.262 e. The smallest absolute Gasteiger partial charge is 0.262 e. The lowest BCUT2D eigenvalue weighted by Crippen LogP contribution is -2.14. The second kappa shape index (κ2) is 10.7. The van der Waals surface area contributed by atoms with Crippen molar-refractivity contribution in [2.75, 3.05) is 33.2 Å². The molecule has 0 saturated carbocycles. The summed E-state index contributed by atoms with van der Waals surface area (Å²) >= 11 is 5.84. The van der Waals surface area contributed by atoms with Crippen molar-refractivity contribution in [3.8, 4) is 23.0 Å². The fourth-order valence-electron chi connectivity index (χ4n) is 3.20. The zero-order chi connectivity index (χ0) is 24.9. The summed E-state index contributed by atoms with van der Waals surface area (Å²) in [5.74, 6) is 0.389. The van der Waals surface area contributed by atoms with Crippen LogP contribution in [0.15, 0.2) is 53.4 Å². The van der Waals surface area contributed by atoms with E-state index in [4.69, 9.17) is 30.5 Å². The van der Waals surface area contributed by atoms with Gasteiger partial charge in [0.15, 0.2) is 23.1 Å². The molecule has 0 aliphatic carbocycles. The lowest BCUT2D eigenvalue weighted by molar-refractivity contribution is 0.324. The molecule has 180 valence electrons. The van der Waals surface area contributed by atoms with Crippen LogP contribution in [0.2, 0.25) is 5.02 Å². The van der Waals surface area contributed by atoms with E-state index in [2.05, 4.69) is 4.72 Å². The van der Waals surface area contributed by atoms with Crippen molar-refractivity contribution < 1.29 is 31.8 Å². The number of hydrogen-bond donors (Lipinski definition) is 1. The van der Waals surface area contributed by atoms with E-state index in [0.717, 1.165) is 0 Å². The van der Waals surface area contributed by atoms with E-state index >= 15 is 0 Å². The van der Waals surface area contributed by atoms with Crippen molar-refractivity contribution in [1.29, 1.82) is 0 Å². The van der Waals surface area contributed by atoms with Gasteiger partial charge in [0.05, 0.1) is 39.0 Å². The molecule has 10 heteroatoms. The van der Waals surface area contributed by atoms with Crippen LogP contribution in [0.3, 0.4) is 0 Å². The predicted molar refractivity (Wildman–Crippen MR) is 130 cm³/mol. The highest BCUT2D eigenvalue weighted by Crippen LogP contribution is 2.39. The molecular weight excluding hydrogens is 485 g/mol. The van der Waals surface area contributed by atoms with E-state index in [0.29, 0.717) is 33.4 Å². The summed E-state index contributed by atoms with van der Waals surface area (Å²) in [6.45, 7) is 0. The first-order valence-corrected chi connectivity index (χ1v) is 11.7. The molecule has 0 aromatic heterocycles. The van der Waals surface area contributed by atoms with Crippen molar-refractivity contribution in [3.05, 3.63) is 70.5 Å². The maximum atomic E-state index is 14.7. The minimum atomic E-state index is -4.02. The molecule has 0 aliphatic heterocycles. The van der Waals surface area contributed by atoms with Gasteiger partial charge in [0.1, 0.15) is 0 Å². The van der Waals surface area contributed by atoms with Crippen LogP contribution in [0, 0.1) is 5.82 Å². The van der Waals surface area contributed by atoms with Gasteiger partial charge in [-0.25, -0.2) is 12.8 Å². The van der Waals surface area contributed by atoms with Crippen molar-refractivity contribution in [3.63, 3.8) is 0 Å². The summed E-state index contributed by atoms with van der Waals surface area (Å²) in [6.07, 6.45) is 3.31. The lowest BCUT2D eigenvalue weighted by Gasteiger charge is -2.14. The second-order valence-corrected chi connectivity index (χ2v) is 9.05. The highest BCUT2D eigenvalue weighted by atomic mass is 35.5. The molecule has 3 rings (SSSR count). The Morgan fingerprint density at radius 3 is 1.82 bits per heavy atom. The van der Waals surface area contributed by atoms with Crippen LogP contribution in [0.25, 0.3) is 12.2 Å². The molecule has 0 amide bonds. The molecule has 0 spiro atoms. The molecule has 0 radical (unpaired) electrons. The largest absolute Gasteiger partial charge is 0.493 e. The predicted octanol–water partition coefficient (Wildman–Crippen LogP) is 5.48. The molecule has 34 heavy (non-hydrogen) atoms. The van der Waals surface area contributed by atoms with Gasteiger partial charge in [-0.1, -0.05) is 23.8 Å². The number of anilines is 1. The van der Waals surface area contributed by atoms with Gasteiger partial charge in [0.2, 0.25) is 5.75 Å². The van der Waals surface area contributed by atoms with E-state index in [1.165, 1.54) is 64.8 Å². The zero-order valence-corrected chi connectivity index (χ0v) is 20.5. The standard InChI is InChI=1S/C24H23ClFNO6S/c1-30-21-13-16(14-22(31-2)24(21)33-4)6-5-15-11-19(26)23(32-3)20(12-15)27-34(28,29)18-9-7-17(25)8-10-18/h5-14,27H,1-4H3. The monoisotopic (exact) mass is 507 g/mol. The van der Waals surface area contributed by atoms with Crippen LogP contribution in [-0.4, -0.2) is 36.9 Å². The van der Waals surface area contributed by atoms with Gasteiger partial charge in [-0.2, -0.15) is 0 Å². The SMILES string of the molecule is COc1cc(C=Cc2cc(F)c(OC)c(NS(=O)(=O)c3ccc(Cl)cc3)c2)cc(OC)c1OC. The Hall–Kier alpha value is -3.43. The second-order valence-electron chi connectivity index (χ2n) is 6.93. The fourth-order valence-corrected chi connectivity index (χ4v) is 4.38. The highest BCUT2D eigenvalue weighted by Gasteiger charge is 2.19. The molecular formula is C24H23ClFNO6S. The van der Waals surface area contributed by atoms with E-state index in [1.54, 1.807) is 24.3 Å². The minimum Gasteiger partial charge on any atom is -0.493 e. The Balaban J connectivity index is 1.98. The molecule has 0 saturated heterocycles. The first kappa shape index (κ1) is 25.2. The van der Waals surface area contributed by atoms with Gasteiger partial charge in [-0.15, -0.1) is 0 Å². The number of ether oxygens (including phenoxy) is 4. The number of benzene rings is 3. The molecule has 7 nitrogen and oxygen atoms in total. The molecule has 0 bridgehead atoms. The Morgan fingerprint density at radius 2 is 1.32 bits per heavy atom. The third-order valence-corrected chi connectivity index (χ3v) is 6.43. The van der Waals surface area contributed by atoms with Crippen LogP contribution < -0.4 is 23.7 Å². The Labute approximate surface area is 202 Å². The molecule has 3 aromatic carbocycles. The number of halogens is 2. The quantitative estimate of drug-likeness (QED) is 0.386. The third kappa shape index (κ3) is 5.55. The van der Waals surface area contributed by atoms with Crippen LogP contribution in [0.4, 0.5) is 10.1 Å². The fraction of sp³-hybridized carbons (Fsp3) is 0.167. The molecule has 1 N–H and O–H groups in total. The average Bonchev–Trinajstić information content (AvgIpc) is 2.81.